The molecule has 1 aromatic carbocycles. The van der Waals surface area contributed by atoms with Gasteiger partial charge in [0.05, 0.1) is 17.5 Å². The highest BCUT2D eigenvalue weighted by molar-refractivity contribution is 5.94. The molecule has 0 aliphatic carbocycles. The van der Waals surface area contributed by atoms with E-state index in [-0.39, 0.29) is 17.2 Å². The number of pyridine rings is 1. The Hall–Kier alpha value is -2.83. The number of fused-ring (bicyclic) bond motifs is 1. The SMILES string of the molecule is Cc1nc2c(cnn2C(C)C)cc1C(=O)OC(C)c1cc(F)ccc1F. The molecular formula is C19H19F2N3O2. The average molecular weight is 359 g/mol. The predicted molar refractivity (Wildman–Crippen MR) is 92.8 cm³/mol. The van der Waals surface area contributed by atoms with E-state index in [0.717, 1.165) is 18.2 Å². The molecule has 0 aliphatic rings. The first-order valence-corrected chi connectivity index (χ1v) is 8.28. The van der Waals surface area contributed by atoms with Crippen molar-refractivity contribution in [2.45, 2.75) is 39.8 Å². The van der Waals surface area contributed by atoms with Gasteiger partial charge in [-0.3, -0.25) is 0 Å². The Kier molecular flexibility index (Phi) is 4.71. The molecule has 3 rings (SSSR count). The Bertz CT molecular complexity index is 982. The first-order chi connectivity index (χ1) is 12.3. The molecule has 2 heterocycles. The Morgan fingerprint density at radius 1 is 1.19 bits per heavy atom. The fourth-order valence-electron chi connectivity index (χ4n) is 2.76. The van der Waals surface area contributed by atoms with Gasteiger partial charge in [0.2, 0.25) is 0 Å². The second-order valence-electron chi connectivity index (χ2n) is 6.43. The summed E-state index contributed by atoms with van der Waals surface area (Å²) in [6.07, 6.45) is 0.695. The van der Waals surface area contributed by atoms with E-state index >= 15 is 0 Å². The first-order valence-electron chi connectivity index (χ1n) is 8.28. The molecule has 0 saturated heterocycles. The van der Waals surface area contributed by atoms with E-state index in [1.165, 1.54) is 6.92 Å². The molecule has 136 valence electrons. The maximum absolute atomic E-state index is 13.9. The molecule has 0 spiro atoms. The Labute approximate surface area is 149 Å². The van der Waals surface area contributed by atoms with E-state index in [9.17, 15) is 13.6 Å². The van der Waals surface area contributed by atoms with Crippen molar-refractivity contribution >= 4 is 17.0 Å². The van der Waals surface area contributed by atoms with Crippen LogP contribution in [-0.2, 0) is 4.74 Å². The molecule has 0 radical (unpaired) electrons. The third-order valence-electron chi connectivity index (χ3n) is 4.15. The molecule has 26 heavy (non-hydrogen) atoms. The predicted octanol–water partition coefficient (Wildman–Crippen LogP) is 4.52. The summed E-state index contributed by atoms with van der Waals surface area (Å²) in [4.78, 5) is 17.0. The van der Waals surface area contributed by atoms with E-state index < -0.39 is 23.7 Å². The number of halogens is 2. The van der Waals surface area contributed by atoms with Crippen LogP contribution < -0.4 is 0 Å². The number of carbonyl (C=O) groups excluding carboxylic acids is 1. The van der Waals surface area contributed by atoms with Gasteiger partial charge in [-0.2, -0.15) is 5.10 Å². The van der Waals surface area contributed by atoms with E-state index in [2.05, 4.69) is 10.1 Å². The van der Waals surface area contributed by atoms with E-state index in [4.69, 9.17) is 4.74 Å². The van der Waals surface area contributed by atoms with Crippen molar-refractivity contribution in [3.63, 3.8) is 0 Å². The Morgan fingerprint density at radius 3 is 2.62 bits per heavy atom. The number of ether oxygens (including phenoxy) is 1. The minimum absolute atomic E-state index is 0.0160. The van der Waals surface area contributed by atoms with E-state index in [0.29, 0.717) is 16.7 Å². The van der Waals surface area contributed by atoms with Crippen LogP contribution >= 0.6 is 0 Å². The number of benzene rings is 1. The normalized spacial score (nSPS) is 12.6. The molecule has 0 amide bonds. The number of hydrogen-bond donors (Lipinski definition) is 0. The number of aromatic nitrogens is 3. The maximum Gasteiger partial charge on any atom is 0.340 e. The highest BCUT2D eigenvalue weighted by Gasteiger charge is 2.21. The number of hydrogen-bond acceptors (Lipinski definition) is 4. The summed E-state index contributed by atoms with van der Waals surface area (Å²) >= 11 is 0. The molecule has 5 nitrogen and oxygen atoms in total. The fourth-order valence-corrected chi connectivity index (χ4v) is 2.76. The average Bonchev–Trinajstić information content (AvgIpc) is 2.98. The van der Waals surface area contributed by atoms with Crippen molar-refractivity contribution in [2.24, 2.45) is 0 Å². The highest BCUT2D eigenvalue weighted by Crippen LogP contribution is 2.25. The molecule has 0 saturated carbocycles. The zero-order chi connectivity index (χ0) is 19.0. The summed E-state index contributed by atoms with van der Waals surface area (Å²) in [5.41, 5.74) is 1.41. The van der Waals surface area contributed by atoms with Crippen LogP contribution in [0.25, 0.3) is 11.0 Å². The number of carbonyl (C=O) groups is 1. The summed E-state index contributed by atoms with van der Waals surface area (Å²) in [5, 5.41) is 4.99. The van der Waals surface area contributed by atoms with Crippen molar-refractivity contribution in [3.8, 4) is 0 Å². The van der Waals surface area contributed by atoms with Gasteiger partial charge in [-0.15, -0.1) is 0 Å². The lowest BCUT2D eigenvalue weighted by Gasteiger charge is -2.15. The van der Waals surface area contributed by atoms with Crippen LogP contribution in [0.5, 0.6) is 0 Å². The molecule has 2 aromatic heterocycles. The van der Waals surface area contributed by atoms with Gasteiger partial charge in [-0.1, -0.05) is 0 Å². The van der Waals surface area contributed by atoms with Crippen molar-refractivity contribution in [1.82, 2.24) is 14.8 Å². The minimum Gasteiger partial charge on any atom is -0.454 e. The van der Waals surface area contributed by atoms with Gasteiger partial charge in [0.15, 0.2) is 5.65 Å². The van der Waals surface area contributed by atoms with Gasteiger partial charge in [0, 0.05) is 17.0 Å². The summed E-state index contributed by atoms with van der Waals surface area (Å²) in [6.45, 7) is 7.16. The van der Waals surface area contributed by atoms with E-state index in [1.54, 1.807) is 23.9 Å². The lowest BCUT2D eigenvalue weighted by molar-refractivity contribution is 0.0329. The van der Waals surface area contributed by atoms with Crippen molar-refractivity contribution < 1.29 is 18.3 Å². The Balaban J connectivity index is 1.90. The van der Waals surface area contributed by atoms with Gasteiger partial charge in [0.25, 0.3) is 0 Å². The summed E-state index contributed by atoms with van der Waals surface area (Å²) in [6, 6.07) is 4.83. The molecule has 0 aliphatic heterocycles. The molecule has 0 fully saturated rings. The van der Waals surface area contributed by atoms with Crippen LogP contribution in [0.2, 0.25) is 0 Å². The van der Waals surface area contributed by atoms with Crippen molar-refractivity contribution in [3.05, 3.63) is 58.9 Å². The number of nitrogens with zero attached hydrogens (tertiary/aromatic N) is 3. The monoisotopic (exact) mass is 359 g/mol. The van der Waals surface area contributed by atoms with Crippen LogP contribution in [0.1, 0.15) is 54.5 Å². The largest absolute Gasteiger partial charge is 0.454 e. The third-order valence-corrected chi connectivity index (χ3v) is 4.15. The van der Waals surface area contributed by atoms with Crippen LogP contribution in [0.15, 0.2) is 30.5 Å². The van der Waals surface area contributed by atoms with Gasteiger partial charge in [-0.05, 0) is 52.0 Å². The van der Waals surface area contributed by atoms with Crippen molar-refractivity contribution in [2.75, 3.05) is 0 Å². The third kappa shape index (κ3) is 3.29. The molecule has 1 unspecified atom stereocenters. The zero-order valence-electron chi connectivity index (χ0n) is 15.0. The second kappa shape index (κ2) is 6.82. The summed E-state index contributed by atoms with van der Waals surface area (Å²) in [5.74, 6) is -1.87. The molecule has 0 bridgehead atoms. The minimum atomic E-state index is -0.938. The van der Waals surface area contributed by atoms with Crippen LogP contribution in [0.4, 0.5) is 8.78 Å². The van der Waals surface area contributed by atoms with Gasteiger partial charge in [-0.25, -0.2) is 23.2 Å². The summed E-state index contributed by atoms with van der Waals surface area (Å²) in [7, 11) is 0. The standard InChI is InChI=1S/C19H19F2N3O2/c1-10(2)24-18-13(9-22-24)7-15(11(3)23-18)19(25)26-12(4)16-8-14(20)5-6-17(16)21/h5-10,12H,1-4H3. The smallest absolute Gasteiger partial charge is 0.340 e. The molecule has 1 atom stereocenters. The van der Waals surface area contributed by atoms with Gasteiger partial charge < -0.3 is 4.74 Å². The van der Waals surface area contributed by atoms with Crippen molar-refractivity contribution in [1.29, 1.82) is 0 Å². The lowest BCUT2D eigenvalue weighted by Crippen LogP contribution is -2.13. The topological polar surface area (TPSA) is 57.0 Å². The Morgan fingerprint density at radius 2 is 1.92 bits per heavy atom. The molecular weight excluding hydrogens is 340 g/mol. The van der Waals surface area contributed by atoms with Crippen LogP contribution in [-0.4, -0.2) is 20.7 Å². The number of aryl methyl sites for hydroxylation is 1. The van der Waals surface area contributed by atoms with Crippen LogP contribution in [0, 0.1) is 18.6 Å². The van der Waals surface area contributed by atoms with E-state index in [1.807, 2.05) is 13.8 Å². The molecule has 3 aromatic rings. The highest BCUT2D eigenvalue weighted by atomic mass is 19.1. The first kappa shape index (κ1) is 18.0. The lowest BCUT2D eigenvalue weighted by atomic mass is 10.1. The summed E-state index contributed by atoms with van der Waals surface area (Å²) < 4.78 is 34.3. The molecule has 7 heteroatoms. The quantitative estimate of drug-likeness (QED) is 0.643. The maximum atomic E-state index is 13.9. The molecule has 0 N–H and O–H groups in total. The zero-order valence-corrected chi connectivity index (χ0v) is 15.0. The number of rotatable bonds is 4. The van der Waals surface area contributed by atoms with Gasteiger partial charge in [0.1, 0.15) is 17.7 Å². The van der Waals surface area contributed by atoms with Gasteiger partial charge >= 0.3 is 5.97 Å². The second-order valence-corrected chi connectivity index (χ2v) is 6.43. The number of esters is 1. The fraction of sp³-hybridized carbons (Fsp3) is 0.316. The van der Waals surface area contributed by atoms with Crippen LogP contribution in [0.3, 0.4) is 0 Å².